The number of amides is 2. The minimum absolute atomic E-state index is 0.0408. The first-order chi connectivity index (χ1) is 10.8. The van der Waals surface area contributed by atoms with E-state index < -0.39 is 0 Å². The summed E-state index contributed by atoms with van der Waals surface area (Å²) in [4.78, 5) is 21.7. The van der Waals surface area contributed by atoms with Crippen LogP contribution in [-0.2, 0) is 17.8 Å². The molecule has 3 rings (SSSR count). The van der Waals surface area contributed by atoms with Crippen molar-refractivity contribution < 1.29 is 9.53 Å². The maximum absolute atomic E-state index is 12.2. The first-order valence-corrected chi connectivity index (χ1v) is 8.11. The molecule has 116 valence electrons. The number of anilines is 1. The van der Waals surface area contributed by atoms with Gasteiger partial charge in [0.2, 0.25) is 0 Å². The first kappa shape index (κ1) is 14.9. The number of thiazole rings is 1. The molecule has 2 aromatic rings. The van der Waals surface area contributed by atoms with Crippen molar-refractivity contribution in [2.24, 2.45) is 0 Å². The van der Waals surface area contributed by atoms with Crippen molar-refractivity contribution in [3.05, 3.63) is 40.7 Å². The van der Waals surface area contributed by atoms with Crippen LogP contribution >= 0.6 is 11.3 Å². The number of nitrogens with zero attached hydrogens (tertiary/aromatic N) is 2. The number of hydrogen-bond donors (Lipinski definition) is 2. The van der Waals surface area contributed by atoms with Crippen molar-refractivity contribution in [1.82, 2.24) is 15.3 Å². The maximum atomic E-state index is 12.2. The average molecular weight is 318 g/mol. The largest absolute Gasteiger partial charge is 0.375 e. The third-order valence-corrected chi connectivity index (χ3v) is 4.52. The van der Waals surface area contributed by atoms with E-state index in [4.69, 9.17) is 4.74 Å². The lowest BCUT2D eigenvalue weighted by atomic mass is 10.1. The van der Waals surface area contributed by atoms with E-state index in [1.807, 2.05) is 19.1 Å². The molecular weight excluding hydrogens is 300 g/mol. The Morgan fingerprint density at radius 2 is 2.27 bits per heavy atom. The number of carbonyl (C=O) groups excluding carboxylic acids is 1. The topological polar surface area (TPSA) is 76.1 Å². The predicted molar refractivity (Wildman–Crippen MR) is 84.9 cm³/mol. The van der Waals surface area contributed by atoms with Crippen molar-refractivity contribution in [3.63, 3.8) is 0 Å². The van der Waals surface area contributed by atoms with E-state index in [1.165, 1.54) is 11.3 Å². The van der Waals surface area contributed by atoms with E-state index in [0.717, 1.165) is 29.0 Å². The van der Waals surface area contributed by atoms with Crippen LogP contribution in [-0.4, -0.2) is 22.6 Å². The van der Waals surface area contributed by atoms with E-state index in [0.29, 0.717) is 18.3 Å². The number of pyridine rings is 1. The van der Waals surface area contributed by atoms with Crippen LogP contribution in [0.15, 0.2) is 24.5 Å². The molecule has 0 unspecified atom stereocenters. The van der Waals surface area contributed by atoms with E-state index in [1.54, 1.807) is 12.4 Å². The Morgan fingerprint density at radius 3 is 3.00 bits per heavy atom. The zero-order valence-electron chi connectivity index (χ0n) is 12.3. The van der Waals surface area contributed by atoms with Crippen LogP contribution in [0.25, 0.3) is 0 Å². The Bertz CT molecular complexity index is 621. The molecule has 0 aromatic carbocycles. The second-order valence-corrected chi connectivity index (χ2v) is 6.11. The monoisotopic (exact) mass is 318 g/mol. The highest BCUT2D eigenvalue weighted by Gasteiger charge is 2.18. The second kappa shape index (κ2) is 6.85. The zero-order chi connectivity index (χ0) is 15.4. The van der Waals surface area contributed by atoms with Gasteiger partial charge in [-0.25, -0.2) is 9.78 Å². The van der Waals surface area contributed by atoms with Gasteiger partial charge in [0, 0.05) is 18.8 Å². The summed E-state index contributed by atoms with van der Waals surface area (Å²) in [6.07, 6.45) is 5.07. The van der Waals surface area contributed by atoms with Crippen LogP contribution < -0.4 is 10.6 Å². The van der Waals surface area contributed by atoms with Crippen molar-refractivity contribution >= 4 is 22.5 Å². The van der Waals surface area contributed by atoms with Gasteiger partial charge in [0.1, 0.15) is 0 Å². The summed E-state index contributed by atoms with van der Waals surface area (Å²) in [6.45, 7) is 3.32. The number of aromatic nitrogens is 2. The highest BCUT2D eigenvalue weighted by molar-refractivity contribution is 7.15. The van der Waals surface area contributed by atoms with Gasteiger partial charge in [-0.15, -0.1) is 0 Å². The van der Waals surface area contributed by atoms with Gasteiger partial charge in [0.15, 0.2) is 5.13 Å². The van der Waals surface area contributed by atoms with E-state index in [-0.39, 0.29) is 12.1 Å². The van der Waals surface area contributed by atoms with Gasteiger partial charge in [-0.2, -0.15) is 0 Å². The molecule has 2 aromatic heterocycles. The summed E-state index contributed by atoms with van der Waals surface area (Å²) in [7, 11) is 0. The summed E-state index contributed by atoms with van der Waals surface area (Å²) in [5, 5.41) is 6.41. The summed E-state index contributed by atoms with van der Waals surface area (Å²) < 4.78 is 5.39. The number of hydrogen-bond acceptors (Lipinski definition) is 5. The predicted octanol–water partition coefficient (Wildman–Crippen LogP) is 2.88. The summed E-state index contributed by atoms with van der Waals surface area (Å²) >= 11 is 1.48. The first-order valence-electron chi connectivity index (χ1n) is 7.30. The van der Waals surface area contributed by atoms with Gasteiger partial charge in [-0.1, -0.05) is 18.3 Å². The Balaban J connectivity index is 1.63. The highest BCUT2D eigenvalue weighted by atomic mass is 32.1. The van der Waals surface area contributed by atoms with Crippen molar-refractivity contribution in [2.75, 3.05) is 11.9 Å². The quantitative estimate of drug-likeness (QED) is 0.909. The Labute approximate surface area is 132 Å². The van der Waals surface area contributed by atoms with Crippen LogP contribution in [0, 0.1) is 0 Å². The molecule has 7 heteroatoms. The summed E-state index contributed by atoms with van der Waals surface area (Å²) in [5.74, 6) is 0. The molecule has 2 N–H and O–H groups in total. The van der Waals surface area contributed by atoms with E-state index in [9.17, 15) is 4.79 Å². The van der Waals surface area contributed by atoms with Gasteiger partial charge in [-0.05, 0) is 24.1 Å². The molecule has 0 saturated carbocycles. The van der Waals surface area contributed by atoms with Gasteiger partial charge in [-0.3, -0.25) is 10.3 Å². The number of carbonyl (C=O) groups is 1. The summed E-state index contributed by atoms with van der Waals surface area (Å²) in [6, 6.07) is 3.54. The molecule has 1 aliphatic rings. The third-order valence-electron chi connectivity index (χ3n) is 3.54. The van der Waals surface area contributed by atoms with Crippen LogP contribution in [0.2, 0.25) is 0 Å². The smallest absolute Gasteiger partial charge is 0.321 e. The number of ether oxygens (including phenoxy) is 1. The number of fused-ring (bicyclic) bond motifs is 1. The van der Waals surface area contributed by atoms with Crippen molar-refractivity contribution in [1.29, 1.82) is 0 Å². The van der Waals surface area contributed by atoms with Crippen molar-refractivity contribution in [2.45, 2.75) is 32.4 Å². The SMILES string of the molecule is CC[C@@H](NC(=O)Nc1nc2c(s1)COCC2)c1ccncc1. The van der Waals surface area contributed by atoms with Crippen molar-refractivity contribution in [3.8, 4) is 0 Å². The Hall–Kier alpha value is -1.99. The molecular formula is C15H18N4O2S. The number of urea groups is 1. The molecule has 0 aliphatic carbocycles. The van der Waals surface area contributed by atoms with Crippen LogP contribution in [0.1, 0.15) is 35.5 Å². The average Bonchev–Trinajstić information content (AvgIpc) is 2.95. The molecule has 0 radical (unpaired) electrons. The zero-order valence-corrected chi connectivity index (χ0v) is 13.2. The van der Waals surface area contributed by atoms with Gasteiger partial charge in [0.05, 0.1) is 29.8 Å². The molecule has 0 bridgehead atoms. The minimum Gasteiger partial charge on any atom is -0.375 e. The normalized spacial score (nSPS) is 15.0. The fourth-order valence-electron chi connectivity index (χ4n) is 2.39. The van der Waals surface area contributed by atoms with Crippen LogP contribution in [0.4, 0.5) is 9.93 Å². The summed E-state index contributed by atoms with van der Waals surface area (Å²) in [5.41, 5.74) is 2.08. The highest BCUT2D eigenvalue weighted by Crippen LogP contribution is 2.27. The standard InChI is InChI=1S/C15H18N4O2S/c1-2-11(10-3-6-16-7-4-10)17-14(20)19-15-18-12-5-8-21-9-13(12)22-15/h3-4,6-7,11H,2,5,8-9H2,1H3,(H2,17,18,19,20)/t11-/m1/s1. The number of nitrogens with one attached hydrogen (secondary N) is 2. The Morgan fingerprint density at radius 1 is 1.45 bits per heavy atom. The van der Waals surface area contributed by atoms with Gasteiger partial charge >= 0.3 is 6.03 Å². The number of rotatable bonds is 4. The fraction of sp³-hybridized carbons (Fsp3) is 0.400. The van der Waals surface area contributed by atoms with Gasteiger partial charge in [0.25, 0.3) is 0 Å². The van der Waals surface area contributed by atoms with Crippen LogP contribution in [0.5, 0.6) is 0 Å². The molecule has 1 aliphatic heterocycles. The molecule has 0 fully saturated rings. The molecule has 0 spiro atoms. The van der Waals surface area contributed by atoms with E-state index >= 15 is 0 Å². The molecule has 2 amide bonds. The Kier molecular flexibility index (Phi) is 4.65. The lowest BCUT2D eigenvalue weighted by molar-refractivity contribution is 0.112. The molecule has 3 heterocycles. The molecule has 1 atom stereocenters. The van der Waals surface area contributed by atoms with Crippen LogP contribution in [0.3, 0.4) is 0 Å². The second-order valence-electron chi connectivity index (χ2n) is 5.03. The maximum Gasteiger partial charge on any atom is 0.321 e. The van der Waals surface area contributed by atoms with Gasteiger partial charge < -0.3 is 10.1 Å². The van der Waals surface area contributed by atoms with E-state index in [2.05, 4.69) is 20.6 Å². The lowest BCUT2D eigenvalue weighted by Crippen LogP contribution is -2.32. The lowest BCUT2D eigenvalue weighted by Gasteiger charge is -2.17. The molecule has 6 nitrogen and oxygen atoms in total. The fourth-order valence-corrected chi connectivity index (χ4v) is 3.33. The molecule has 0 saturated heterocycles. The third kappa shape index (κ3) is 3.42. The molecule has 22 heavy (non-hydrogen) atoms. The minimum atomic E-state index is -0.240.